The van der Waals surface area contributed by atoms with Crippen LogP contribution in [-0.2, 0) is 0 Å². The van der Waals surface area contributed by atoms with E-state index < -0.39 is 0 Å². The van der Waals surface area contributed by atoms with E-state index in [0.717, 1.165) is 0 Å². The highest BCUT2D eigenvalue weighted by molar-refractivity contribution is 4.98. The van der Waals surface area contributed by atoms with Gasteiger partial charge >= 0.3 is 0 Å². The summed E-state index contributed by atoms with van der Waals surface area (Å²) in [5, 5.41) is 0. The van der Waals surface area contributed by atoms with Gasteiger partial charge in [-0.25, -0.2) is 0 Å². The van der Waals surface area contributed by atoms with Crippen molar-refractivity contribution in [2.75, 3.05) is 0 Å². The summed E-state index contributed by atoms with van der Waals surface area (Å²) >= 11 is 0. The second kappa shape index (κ2) is 5.78. The lowest BCUT2D eigenvalue weighted by Crippen LogP contribution is -2.37. The van der Waals surface area contributed by atoms with Gasteiger partial charge in [0.2, 0.25) is 0 Å². The monoisotopic (exact) mass is 197 g/mol. The maximum Gasteiger partial charge on any atom is -0.0501 e. The Labute approximate surface area is 91.5 Å². The maximum absolute atomic E-state index is 2.46. The van der Waals surface area contributed by atoms with E-state index in [-0.39, 0.29) is 0 Å². The Hall–Kier alpha value is 0. The van der Waals surface area contributed by atoms with Crippen LogP contribution in [0.2, 0.25) is 0 Å². The molecule has 86 valence electrons. The van der Waals surface area contributed by atoms with E-state index in [2.05, 4.69) is 48.0 Å². The Balaban J connectivity index is 4.73. The molecule has 0 aliphatic rings. The van der Waals surface area contributed by atoms with Crippen molar-refractivity contribution in [1.29, 1.82) is 0 Å². The van der Waals surface area contributed by atoms with E-state index in [4.69, 9.17) is 0 Å². The second-order valence-electron chi connectivity index (χ2n) is 5.12. The summed E-state index contributed by atoms with van der Waals surface area (Å²) in [6.45, 7) is 14.1. The van der Waals surface area contributed by atoms with Gasteiger partial charge in [-0.05, 0) is 0 Å². The van der Waals surface area contributed by atoms with Crippen molar-refractivity contribution in [3.8, 4) is 0 Å². The number of hydrogen-bond acceptors (Lipinski definition) is 0. The van der Waals surface area contributed by atoms with Crippen LogP contribution in [-0.4, -0.2) is 0 Å². The van der Waals surface area contributed by atoms with Crippen LogP contribution >= 0.6 is 0 Å². The normalized spacial score (nSPS) is 20.1. The van der Waals surface area contributed by atoms with Crippen molar-refractivity contribution in [1.82, 2.24) is 0 Å². The van der Waals surface area contributed by atoms with Crippen LogP contribution in [0.25, 0.3) is 0 Å². The van der Waals surface area contributed by atoms with Crippen LogP contribution in [0.4, 0.5) is 0 Å². The summed E-state index contributed by atoms with van der Waals surface area (Å²) in [5.41, 5.74) is 0.916. The molecule has 0 heterocycles. The zero-order valence-corrected chi connectivity index (χ0v) is 11.1. The Morgan fingerprint density at radius 3 is 1.71 bits per heavy atom. The maximum atomic E-state index is 2.46. The minimum absolute atomic E-state index is 0.423. The molecule has 0 bridgehead atoms. The van der Waals surface area contributed by atoms with Crippen LogP contribution in [0.15, 0.2) is 0 Å². The largest absolute Gasteiger partial charge is 0.325 e. The fourth-order valence-electron chi connectivity index (χ4n) is 2.73. The molecule has 2 unspecified atom stereocenters. The predicted octanol–water partition coefficient (Wildman–Crippen LogP) is 5.23. The van der Waals surface area contributed by atoms with Crippen molar-refractivity contribution in [2.45, 2.75) is 73.6 Å². The highest BCUT2D eigenvalue weighted by atomic mass is 14.4. The molecule has 0 rings (SSSR count). The first-order valence-corrected chi connectivity index (χ1v) is 6.30. The molecule has 0 spiro atoms. The Morgan fingerprint density at radius 2 is 1.43 bits per heavy atom. The number of hydrogen-bond donors (Lipinski definition) is 0. The molecule has 14 heavy (non-hydrogen) atoms. The molecule has 2 atom stereocenters. The van der Waals surface area contributed by atoms with Crippen molar-refractivity contribution in [3.63, 3.8) is 0 Å². The summed E-state index contributed by atoms with van der Waals surface area (Å²) in [4.78, 5) is 0. The molecular weight excluding hydrogens is 168 g/mol. The Morgan fingerprint density at radius 1 is 0.929 bits per heavy atom. The van der Waals surface area contributed by atoms with Crippen molar-refractivity contribution >= 4 is 0 Å². The van der Waals surface area contributed by atoms with Crippen LogP contribution in [0.1, 0.15) is 73.6 Å². The Kier molecular flexibility index (Phi) is 5.78. The molecule has 0 aromatic rings. The molecule has 0 aromatic heterocycles. The van der Waals surface area contributed by atoms with Gasteiger partial charge in [0.25, 0.3) is 0 Å². The van der Waals surface area contributed by atoms with E-state index >= 15 is 0 Å². The van der Waals surface area contributed by atoms with Gasteiger partial charge in [0, 0.05) is 0 Å². The summed E-state index contributed by atoms with van der Waals surface area (Å²) < 4.78 is 0. The SMILES string of the molecule is C[CH-]C(C)(CCC)C(C)(CC)CCC. The van der Waals surface area contributed by atoms with Gasteiger partial charge in [-0.1, -0.05) is 72.1 Å². The lowest BCUT2D eigenvalue weighted by molar-refractivity contribution is 0.0746. The minimum atomic E-state index is 0.423. The van der Waals surface area contributed by atoms with E-state index in [1.54, 1.807) is 0 Å². The van der Waals surface area contributed by atoms with Crippen LogP contribution in [0, 0.1) is 17.3 Å². The highest BCUT2D eigenvalue weighted by Crippen LogP contribution is 2.50. The van der Waals surface area contributed by atoms with Gasteiger partial charge < -0.3 is 6.42 Å². The molecule has 0 amide bonds. The quantitative estimate of drug-likeness (QED) is 0.490. The first kappa shape index (κ1) is 14.0. The molecule has 0 saturated heterocycles. The lowest BCUT2D eigenvalue weighted by atomic mass is 9.59. The first-order valence-electron chi connectivity index (χ1n) is 6.30. The third-order valence-electron chi connectivity index (χ3n) is 4.37. The summed E-state index contributed by atoms with van der Waals surface area (Å²) in [6, 6.07) is 0. The van der Waals surface area contributed by atoms with Gasteiger partial charge in [0.05, 0.1) is 0 Å². The molecule has 0 N–H and O–H groups in total. The Bertz CT molecular complexity index is 132. The van der Waals surface area contributed by atoms with E-state index in [1.807, 2.05) is 0 Å². The standard InChI is InChI=1S/C14H29/c1-7-11-13(5,9-3)14(6,10-4)12-8-2/h9H,7-8,10-12H2,1-6H3/q-1. The van der Waals surface area contributed by atoms with Crippen molar-refractivity contribution < 1.29 is 0 Å². The second-order valence-corrected chi connectivity index (χ2v) is 5.12. The molecule has 0 aliphatic carbocycles. The summed E-state index contributed by atoms with van der Waals surface area (Å²) in [6.07, 6.45) is 9.01. The van der Waals surface area contributed by atoms with Gasteiger partial charge in [-0.3, -0.25) is 0 Å². The third kappa shape index (κ3) is 2.74. The van der Waals surface area contributed by atoms with Gasteiger partial charge in [0.15, 0.2) is 0 Å². The van der Waals surface area contributed by atoms with E-state index in [1.165, 1.54) is 32.1 Å². The van der Waals surface area contributed by atoms with E-state index in [0.29, 0.717) is 10.8 Å². The van der Waals surface area contributed by atoms with Gasteiger partial charge in [-0.15, -0.1) is 0 Å². The predicted molar refractivity (Wildman–Crippen MR) is 66.3 cm³/mol. The highest BCUT2D eigenvalue weighted by Gasteiger charge is 2.33. The van der Waals surface area contributed by atoms with Crippen molar-refractivity contribution in [2.24, 2.45) is 10.8 Å². The summed E-state index contributed by atoms with van der Waals surface area (Å²) in [7, 11) is 0. The first-order chi connectivity index (χ1) is 6.49. The van der Waals surface area contributed by atoms with Crippen LogP contribution in [0.3, 0.4) is 0 Å². The average Bonchev–Trinajstić information content (AvgIpc) is 2.18. The smallest absolute Gasteiger partial charge is 0.0501 e. The van der Waals surface area contributed by atoms with Gasteiger partial charge in [-0.2, -0.15) is 12.3 Å². The zero-order valence-electron chi connectivity index (χ0n) is 11.1. The molecule has 0 radical (unpaired) electrons. The number of rotatable bonds is 7. The molecule has 0 fully saturated rings. The van der Waals surface area contributed by atoms with Crippen molar-refractivity contribution in [3.05, 3.63) is 6.42 Å². The fourth-order valence-corrected chi connectivity index (χ4v) is 2.73. The lowest BCUT2D eigenvalue weighted by Gasteiger charge is -2.54. The van der Waals surface area contributed by atoms with E-state index in [9.17, 15) is 0 Å². The topological polar surface area (TPSA) is 0 Å². The van der Waals surface area contributed by atoms with Crippen LogP contribution in [0.5, 0.6) is 0 Å². The molecule has 0 heteroatoms. The molecular formula is C14H29-. The summed E-state index contributed by atoms with van der Waals surface area (Å²) in [5.74, 6) is 0. The molecule has 0 aliphatic heterocycles. The average molecular weight is 197 g/mol. The minimum Gasteiger partial charge on any atom is -0.325 e. The molecule has 0 saturated carbocycles. The van der Waals surface area contributed by atoms with Gasteiger partial charge in [0.1, 0.15) is 0 Å². The fraction of sp³-hybridized carbons (Fsp3) is 0.929. The third-order valence-corrected chi connectivity index (χ3v) is 4.37. The zero-order chi connectivity index (χ0) is 11.2. The van der Waals surface area contributed by atoms with Crippen LogP contribution < -0.4 is 0 Å². The molecule has 0 aromatic carbocycles. The molecule has 0 nitrogen and oxygen atoms in total.